The summed E-state index contributed by atoms with van der Waals surface area (Å²) in [4.78, 5) is 10.9. The Bertz CT molecular complexity index is 346. The number of hydrogen-bond acceptors (Lipinski definition) is 1. The highest BCUT2D eigenvalue weighted by molar-refractivity contribution is 9.08. The minimum absolute atomic E-state index is 0.227. The second-order valence-electron chi connectivity index (χ2n) is 2.62. The van der Waals surface area contributed by atoms with Gasteiger partial charge in [-0.05, 0) is 5.56 Å². The number of carbonyl (C=O) groups excluding carboxylic acids is 1. The molecule has 0 heterocycles. The van der Waals surface area contributed by atoms with Crippen LogP contribution >= 0.6 is 15.9 Å². The molecule has 0 aliphatic carbocycles. The van der Waals surface area contributed by atoms with Crippen LogP contribution in [0.2, 0.25) is 0 Å². The molecule has 0 saturated heterocycles. The second-order valence-corrected chi connectivity index (χ2v) is 3.18. The average Bonchev–Trinajstić information content (AvgIpc) is 2.15. The lowest BCUT2D eigenvalue weighted by Gasteiger charge is -2.08. The minimum Gasteiger partial charge on any atom is -0.284 e. The summed E-state index contributed by atoms with van der Waals surface area (Å²) in [6, 6.07) is 5.65. The van der Waals surface area contributed by atoms with Gasteiger partial charge in [0.25, 0.3) is 5.78 Å². The minimum atomic E-state index is -4.81. The summed E-state index contributed by atoms with van der Waals surface area (Å²) in [5.74, 6) is -1.80. The Labute approximate surface area is 87.1 Å². The summed E-state index contributed by atoms with van der Waals surface area (Å²) in [6.45, 7) is 0. The summed E-state index contributed by atoms with van der Waals surface area (Å²) in [5.41, 5.74) is 0.0479. The largest absolute Gasteiger partial charge is 0.454 e. The first-order valence-corrected chi connectivity index (χ1v) is 4.84. The highest BCUT2D eigenvalue weighted by atomic mass is 79.9. The van der Waals surface area contributed by atoms with E-state index in [0.717, 1.165) is 0 Å². The summed E-state index contributed by atoms with van der Waals surface area (Å²) in [5, 5.41) is 0.227. The van der Waals surface area contributed by atoms with Gasteiger partial charge in [0.05, 0.1) is 0 Å². The van der Waals surface area contributed by atoms with E-state index in [1.165, 1.54) is 18.2 Å². The number of ketones is 1. The third kappa shape index (κ3) is 2.35. The molecule has 1 rings (SSSR count). The maximum absolute atomic E-state index is 12.1. The standard InChI is InChI=1S/C9H6BrF3O/c10-5-6-3-1-2-4-7(6)8(14)9(11,12)13/h1-4H,5H2. The molecule has 0 fully saturated rings. The molecule has 14 heavy (non-hydrogen) atoms. The van der Waals surface area contributed by atoms with Gasteiger partial charge in [0.15, 0.2) is 0 Å². The van der Waals surface area contributed by atoms with Gasteiger partial charge in [-0.1, -0.05) is 40.2 Å². The van der Waals surface area contributed by atoms with Gasteiger partial charge in [-0.2, -0.15) is 13.2 Å². The number of hydrogen-bond donors (Lipinski definition) is 0. The Morgan fingerprint density at radius 2 is 1.86 bits per heavy atom. The average molecular weight is 267 g/mol. The zero-order chi connectivity index (χ0) is 10.8. The van der Waals surface area contributed by atoms with Gasteiger partial charge >= 0.3 is 6.18 Å². The van der Waals surface area contributed by atoms with Gasteiger partial charge in [0.2, 0.25) is 0 Å². The maximum Gasteiger partial charge on any atom is 0.454 e. The summed E-state index contributed by atoms with van der Waals surface area (Å²) in [7, 11) is 0. The van der Waals surface area contributed by atoms with E-state index in [1.54, 1.807) is 6.07 Å². The Balaban J connectivity index is 3.13. The Morgan fingerprint density at radius 1 is 1.29 bits per heavy atom. The van der Waals surface area contributed by atoms with Crippen molar-refractivity contribution in [1.82, 2.24) is 0 Å². The summed E-state index contributed by atoms with van der Waals surface area (Å²) >= 11 is 3.02. The highest BCUT2D eigenvalue weighted by Crippen LogP contribution is 2.24. The van der Waals surface area contributed by atoms with Crippen LogP contribution in [-0.4, -0.2) is 12.0 Å². The van der Waals surface area contributed by atoms with Crippen molar-refractivity contribution in [3.63, 3.8) is 0 Å². The third-order valence-electron chi connectivity index (χ3n) is 1.66. The molecule has 0 unspecified atom stereocenters. The van der Waals surface area contributed by atoms with Crippen LogP contribution in [0.25, 0.3) is 0 Å². The molecule has 0 aliphatic heterocycles. The first kappa shape index (κ1) is 11.2. The predicted octanol–water partition coefficient (Wildman–Crippen LogP) is 3.33. The second kappa shape index (κ2) is 4.13. The number of carbonyl (C=O) groups is 1. The van der Waals surface area contributed by atoms with Gasteiger partial charge < -0.3 is 0 Å². The normalized spacial score (nSPS) is 11.4. The fourth-order valence-electron chi connectivity index (χ4n) is 1.01. The molecular weight excluding hydrogens is 261 g/mol. The van der Waals surface area contributed by atoms with E-state index in [4.69, 9.17) is 0 Å². The molecule has 1 aromatic rings. The molecule has 5 heteroatoms. The SMILES string of the molecule is O=C(c1ccccc1CBr)C(F)(F)F. The van der Waals surface area contributed by atoms with Crippen molar-refractivity contribution in [3.8, 4) is 0 Å². The van der Waals surface area contributed by atoms with E-state index < -0.39 is 12.0 Å². The van der Waals surface area contributed by atoms with E-state index >= 15 is 0 Å². The Kier molecular flexibility index (Phi) is 3.31. The first-order valence-electron chi connectivity index (χ1n) is 3.72. The Morgan fingerprint density at radius 3 is 2.36 bits per heavy atom. The van der Waals surface area contributed by atoms with Crippen LogP contribution in [0.1, 0.15) is 15.9 Å². The molecule has 0 spiro atoms. The van der Waals surface area contributed by atoms with Gasteiger partial charge in [0, 0.05) is 10.9 Å². The zero-order valence-electron chi connectivity index (χ0n) is 6.94. The molecule has 0 aliphatic rings. The zero-order valence-corrected chi connectivity index (χ0v) is 8.52. The van der Waals surface area contributed by atoms with E-state index in [0.29, 0.717) is 5.56 Å². The van der Waals surface area contributed by atoms with Crippen LogP contribution in [0, 0.1) is 0 Å². The smallest absolute Gasteiger partial charge is 0.284 e. The highest BCUT2D eigenvalue weighted by Gasteiger charge is 2.39. The van der Waals surface area contributed by atoms with Crippen LogP contribution in [0.4, 0.5) is 13.2 Å². The van der Waals surface area contributed by atoms with Crippen molar-refractivity contribution < 1.29 is 18.0 Å². The summed E-state index contributed by atoms with van der Waals surface area (Å²) in [6.07, 6.45) is -4.81. The monoisotopic (exact) mass is 266 g/mol. The van der Waals surface area contributed by atoms with Crippen molar-refractivity contribution in [1.29, 1.82) is 0 Å². The third-order valence-corrected chi connectivity index (χ3v) is 2.27. The summed E-state index contributed by atoms with van der Waals surface area (Å²) < 4.78 is 36.3. The van der Waals surface area contributed by atoms with Crippen molar-refractivity contribution in [2.45, 2.75) is 11.5 Å². The predicted molar refractivity (Wildman–Crippen MR) is 49.5 cm³/mol. The van der Waals surface area contributed by atoms with Crippen LogP contribution in [0.5, 0.6) is 0 Å². The van der Waals surface area contributed by atoms with Crippen LogP contribution in [0.15, 0.2) is 24.3 Å². The molecule has 0 saturated carbocycles. The van der Waals surface area contributed by atoms with Crippen LogP contribution in [-0.2, 0) is 5.33 Å². The quantitative estimate of drug-likeness (QED) is 0.593. The van der Waals surface area contributed by atoms with Crippen molar-refractivity contribution in [2.75, 3.05) is 0 Å². The van der Waals surface area contributed by atoms with Gasteiger partial charge in [-0.15, -0.1) is 0 Å². The number of rotatable bonds is 2. The number of benzene rings is 1. The number of Topliss-reactive ketones (excluding diaryl/α,β-unsaturated/α-hetero) is 1. The van der Waals surface area contributed by atoms with E-state index in [-0.39, 0.29) is 10.9 Å². The molecule has 1 nitrogen and oxygen atoms in total. The molecular formula is C9H6BrF3O. The fraction of sp³-hybridized carbons (Fsp3) is 0.222. The van der Waals surface area contributed by atoms with Gasteiger partial charge in [-0.25, -0.2) is 0 Å². The van der Waals surface area contributed by atoms with Gasteiger partial charge in [-0.3, -0.25) is 4.79 Å². The molecule has 0 aromatic heterocycles. The molecule has 76 valence electrons. The van der Waals surface area contributed by atoms with E-state index in [2.05, 4.69) is 15.9 Å². The molecule has 0 N–H and O–H groups in total. The molecule has 1 aromatic carbocycles. The van der Waals surface area contributed by atoms with Gasteiger partial charge in [0.1, 0.15) is 0 Å². The molecule has 0 atom stereocenters. The fourth-order valence-corrected chi connectivity index (χ4v) is 1.50. The molecule has 0 amide bonds. The number of halogens is 4. The van der Waals surface area contributed by atoms with Crippen LogP contribution in [0.3, 0.4) is 0 Å². The van der Waals surface area contributed by atoms with Crippen LogP contribution < -0.4 is 0 Å². The molecule has 0 bridgehead atoms. The number of alkyl halides is 4. The maximum atomic E-state index is 12.1. The topological polar surface area (TPSA) is 17.1 Å². The van der Waals surface area contributed by atoms with E-state index in [1.807, 2.05) is 0 Å². The Hall–Kier alpha value is -0.840. The van der Waals surface area contributed by atoms with Crippen molar-refractivity contribution in [3.05, 3.63) is 35.4 Å². The lowest BCUT2D eigenvalue weighted by atomic mass is 10.0. The van der Waals surface area contributed by atoms with E-state index in [9.17, 15) is 18.0 Å². The van der Waals surface area contributed by atoms with Crippen molar-refractivity contribution in [2.24, 2.45) is 0 Å². The first-order chi connectivity index (χ1) is 6.46. The lowest BCUT2D eigenvalue weighted by molar-refractivity contribution is -0.0885. The molecule has 0 radical (unpaired) electrons. The van der Waals surface area contributed by atoms with Crippen molar-refractivity contribution >= 4 is 21.7 Å². The lowest BCUT2D eigenvalue weighted by Crippen LogP contribution is -2.23.